The van der Waals surface area contributed by atoms with Gasteiger partial charge in [0.25, 0.3) is 0 Å². The van der Waals surface area contributed by atoms with Crippen LogP contribution in [-0.4, -0.2) is 42.9 Å². The lowest BCUT2D eigenvalue weighted by atomic mass is 10.2. The molecule has 0 unspecified atom stereocenters. The van der Waals surface area contributed by atoms with Gasteiger partial charge in [-0.3, -0.25) is 4.90 Å². The fourth-order valence-electron chi connectivity index (χ4n) is 1.98. The smallest absolute Gasteiger partial charge is 0.416 e. The number of carbonyl (C=O) groups is 2. The van der Waals surface area contributed by atoms with Crippen molar-refractivity contribution in [3.8, 4) is 5.75 Å². The Kier molecular flexibility index (Phi) is 4.54. The number of hydrogen-bond donors (Lipinski definition) is 0. The number of pyridine rings is 1. The first-order valence-corrected chi connectivity index (χ1v) is 7.03. The Labute approximate surface area is 129 Å². The lowest BCUT2D eigenvalue weighted by molar-refractivity contribution is 0.0577. The number of aromatic nitrogens is 1. The topological polar surface area (TPSA) is 78.0 Å². The summed E-state index contributed by atoms with van der Waals surface area (Å²) in [5.41, 5.74) is -0.330. The van der Waals surface area contributed by atoms with E-state index in [0.29, 0.717) is 31.1 Å². The van der Waals surface area contributed by atoms with E-state index in [0.717, 1.165) is 0 Å². The van der Waals surface area contributed by atoms with Crippen molar-refractivity contribution in [1.29, 1.82) is 0 Å². The van der Waals surface area contributed by atoms with Crippen LogP contribution in [0.1, 0.15) is 37.6 Å². The second-order valence-corrected chi connectivity index (χ2v) is 5.87. The standard InChI is InChI=1S/C15H20N2O5/c1-15(2,3)22-14(19)17-6-5-7-21-11-8-10(13(18)20-4)9-16-12(11)17/h8-9H,5-7H2,1-4H3. The number of carbonyl (C=O) groups excluding carboxylic acids is 2. The van der Waals surface area contributed by atoms with Crippen molar-refractivity contribution in [1.82, 2.24) is 4.98 Å². The molecule has 0 bridgehead atoms. The first-order valence-electron chi connectivity index (χ1n) is 7.03. The highest BCUT2D eigenvalue weighted by molar-refractivity contribution is 5.92. The first kappa shape index (κ1) is 16.1. The van der Waals surface area contributed by atoms with Crippen LogP contribution in [0.4, 0.5) is 10.6 Å². The van der Waals surface area contributed by atoms with Crippen LogP contribution in [-0.2, 0) is 9.47 Å². The maximum Gasteiger partial charge on any atom is 0.416 e. The summed E-state index contributed by atoms with van der Waals surface area (Å²) in [4.78, 5) is 29.5. The van der Waals surface area contributed by atoms with Crippen molar-refractivity contribution in [2.45, 2.75) is 32.8 Å². The molecule has 0 atom stereocenters. The quantitative estimate of drug-likeness (QED) is 0.741. The molecule has 0 saturated carbocycles. The molecule has 2 heterocycles. The Morgan fingerprint density at radius 1 is 1.36 bits per heavy atom. The number of hydrogen-bond acceptors (Lipinski definition) is 6. The van der Waals surface area contributed by atoms with Crippen molar-refractivity contribution in [2.75, 3.05) is 25.2 Å². The van der Waals surface area contributed by atoms with E-state index in [1.165, 1.54) is 24.3 Å². The molecule has 1 aliphatic heterocycles. The summed E-state index contributed by atoms with van der Waals surface area (Å²) in [6, 6.07) is 1.52. The third-order valence-corrected chi connectivity index (χ3v) is 2.91. The molecule has 0 radical (unpaired) electrons. The maximum absolute atomic E-state index is 12.3. The van der Waals surface area contributed by atoms with E-state index in [-0.39, 0.29) is 5.56 Å². The van der Waals surface area contributed by atoms with Crippen LogP contribution in [0.3, 0.4) is 0 Å². The van der Waals surface area contributed by atoms with Gasteiger partial charge in [0.2, 0.25) is 0 Å². The number of nitrogens with zero attached hydrogens (tertiary/aromatic N) is 2. The molecule has 7 nitrogen and oxygen atoms in total. The Morgan fingerprint density at radius 2 is 2.09 bits per heavy atom. The van der Waals surface area contributed by atoms with Crippen molar-refractivity contribution >= 4 is 17.9 Å². The number of fused-ring (bicyclic) bond motifs is 1. The maximum atomic E-state index is 12.3. The largest absolute Gasteiger partial charge is 0.490 e. The Morgan fingerprint density at radius 3 is 2.73 bits per heavy atom. The van der Waals surface area contributed by atoms with E-state index in [2.05, 4.69) is 9.72 Å². The van der Waals surface area contributed by atoms with Gasteiger partial charge < -0.3 is 14.2 Å². The van der Waals surface area contributed by atoms with Crippen LogP contribution < -0.4 is 9.64 Å². The summed E-state index contributed by atoms with van der Waals surface area (Å²) in [6.45, 7) is 6.26. The molecular weight excluding hydrogens is 288 g/mol. The van der Waals surface area contributed by atoms with Gasteiger partial charge in [0.15, 0.2) is 11.6 Å². The number of anilines is 1. The zero-order chi connectivity index (χ0) is 16.3. The minimum absolute atomic E-state index is 0.271. The third kappa shape index (κ3) is 3.66. The first-order chi connectivity index (χ1) is 10.3. The lowest BCUT2D eigenvalue weighted by Gasteiger charge is -2.26. The van der Waals surface area contributed by atoms with Gasteiger partial charge in [0, 0.05) is 18.8 Å². The van der Waals surface area contributed by atoms with Gasteiger partial charge in [-0.2, -0.15) is 0 Å². The zero-order valence-corrected chi connectivity index (χ0v) is 13.2. The second kappa shape index (κ2) is 6.21. The van der Waals surface area contributed by atoms with Gasteiger partial charge in [0.1, 0.15) is 5.60 Å². The molecule has 1 aliphatic rings. The van der Waals surface area contributed by atoms with Gasteiger partial charge >= 0.3 is 12.1 Å². The summed E-state index contributed by atoms with van der Waals surface area (Å²) >= 11 is 0. The molecular formula is C15H20N2O5. The molecule has 22 heavy (non-hydrogen) atoms. The van der Waals surface area contributed by atoms with E-state index < -0.39 is 17.7 Å². The Bertz CT molecular complexity index is 580. The lowest BCUT2D eigenvalue weighted by Crippen LogP contribution is -2.37. The van der Waals surface area contributed by atoms with Gasteiger partial charge in [0.05, 0.1) is 19.3 Å². The Hall–Kier alpha value is -2.31. The highest BCUT2D eigenvalue weighted by Gasteiger charge is 2.28. The summed E-state index contributed by atoms with van der Waals surface area (Å²) in [7, 11) is 1.29. The van der Waals surface area contributed by atoms with Gasteiger partial charge in [-0.25, -0.2) is 14.6 Å². The Balaban J connectivity index is 2.33. The summed E-state index contributed by atoms with van der Waals surface area (Å²) in [5.74, 6) is 0.206. The number of amides is 1. The van der Waals surface area contributed by atoms with Crippen molar-refractivity contribution in [3.05, 3.63) is 17.8 Å². The highest BCUT2D eigenvalue weighted by Crippen LogP contribution is 2.30. The predicted octanol–water partition coefficient (Wildman–Crippen LogP) is 2.39. The third-order valence-electron chi connectivity index (χ3n) is 2.91. The van der Waals surface area contributed by atoms with Crippen molar-refractivity contribution in [2.24, 2.45) is 0 Å². The highest BCUT2D eigenvalue weighted by atomic mass is 16.6. The van der Waals surface area contributed by atoms with Gasteiger partial charge in [-0.15, -0.1) is 0 Å². The van der Waals surface area contributed by atoms with Gasteiger partial charge in [-0.05, 0) is 27.2 Å². The average molecular weight is 308 g/mol. The molecule has 0 aromatic carbocycles. The van der Waals surface area contributed by atoms with Crippen LogP contribution in [0.25, 0.3) is 0 Å². The van der Waals surface area contributed by atoms with E-state index in [9.17, 15) is 9.59 Å². The number of methoxy groups -OCH3 is 1. The summed E-state index contributed by atoms with van der Waals surface area (Å²) in [6.07, 6.45) is 1.51. The molecule has 0 saturated heterocycles. The molecule has 0 N–H and O–H groups in total. The van der Waals surface area contributed by atoms with Crippen molar-refractivity contribution < 1.29 is 23.8 Å². The summed E-state index contributed by atoms with van der Waals surface area (Å²) < 4.78 is 15.6. The number of esters is 1. The molecule has 0 fully saturated rings. The number of rotatable bonds is 1. The van der Waals surface area contributed by atoms with Crippen LogP contribution >= 0.6 is 0 Å². The van der Waals surface area contributed by atoms with Crippen molar-refractivity contribution in [3.63, 3.8) is 0 Å². The predicted molar refractivity (Wildman–Crippen MR) is 79.3 cm³/mol. The average Bonchev–Trinajstić information content (AvgIpc) is 2.66. The fraction of sp³-hybridized carbons (Fsp3) is 0.533. The van der Waals surface area contributed by atoms with Crippen LogP contribution in [0.5, 0.6) is 5.75 Å². The normalized spacial score (nSPS) is 14.5. The SMILES string of the molecule is COC(=O)c1cnc2c(c1)OCCCN2C(=O)OC(C)(C)C. The summed E-state index contributed by atoms with van der Waals surface area (Å²) in [5, 5.41) is 0. The van der Waals surface area contributed by atoms with Crippen LogP contribution in [0.15, 0.2) is 12.3 Å². The molecule has 120 valence electrons. The zero-order valence-electron chi connectivity index (χ0n) is 13.2. The van der Waals surface area contributed by atoms with Crippen LogP contribution in [0.2, 0.25) is 0 Å². The van der Waals surface area contributed by atoms with E-state index in [4.69, 9.17) is 9.47 Å². The van der Waals surface area contributed by atoms with Gasteiger partial charge in [-0.1, -0.05) is 0 Å². The molecule has 1 aromatic heterocycles. The van der Waals surface area contributed by atoms with E-state index in [1.54, 1.807) is 20.8 Å². The fourth-order valence-corrected chi connectivity index (χ4v) is 1.98. The van der Waals surface area contributed by atoms with E-state index >= 15 is 0 Å². The minimum Gasteiger partial charge on any atom is -0.490 e. The molecule has 0 aliphatic carbocycles. The molecule has 2 rings (SSSR count). The second-order valence-electron chi connectivity index (χ2n) is 5.87. The molecule has 1 amide bonds. The molecule has 1 aromatic rings. The van der Waals surface area contributed by atoms with Crippen LogP contribution in [0, 0.1) is 0 Å². The molecule has 0 spiro atoms. The molecule has 7 heteroatoms. The van der Waals surface area contributed by atoms with E-state index in [1.807, 2.05) is 0 Å². The minimum atomic E-state index is -0.601. The monoisotopic (exact) mass is 308 g/mol. The number of ether oxygens (including phenoxy) is 3.